The van der Waals surface area contributed by atoms with E-state index in [4.69, 9.17) is 14.9 Å². The summed E-state index contributed by atoms with van der Waals surface area (Å²) in [5, 5.41) is 17.0. The zero-order valence-electron chi connectivity index (χ0n) is 10.3. The first-order valence-corrected chi connectivity index (χ1v) is 5.77. The minimum Gasteiger partial charge on any atom is -0.491 e. The Morgan fingerprint density at radius 3 is 2.29 bits per heavy atom. The molecule has 0 saturated heterocycles. The van der Waals surface area contributed by atoms with E-state index in [2.05, 4.69) is 0 Å². The Balaban J connectivity index is 0.00000121. The topological polar surface area (TPSA) is 66.8 Å². The summed E-state index contributed by atoms with van der Waals surface area (Å²) in [6.45, 7) is 4.26. The van der Waals surface area contributed by atoms with E-state index < -0.39 is 5.97 Å². The van der Waals surface area contributed by atoms with Crippen LogP contribution in [0.3, 0.4) is 0 Å². The average molecular weight is 240 g/mol. The van der Waals surface area contributed by atoms with Crippen molar-refractivity contribution in [1.29, 1.82) is 0 Å². The van der Waals surface area contributed by atoms with Crippen LogP contribution in [-0.2, 0) is 11.2 Å². The van der Waals surface area contributed by atoms with Gasteiger partial charge in [0.15, 0.2) is 0 Å². The molecule has 0 aliphatic rings. The van der Waals surface area contributed by atoms with Gasteiger partial charge in [-0.1, -0.05) is 26.0 Å². The molecule has 0 saturated carbocycles. The van der Waals surface area contributed by atoms with Crippen LogP contribution in [-0.4, -0.2) is 29.4 Å². The molecule has 96 valence electrons. The second-order valence-corrected chi connectivity index (χ2v) is 3.11. The Morgan fingerprint density at radius 1 is 1.24 bits per heavy atom. The van der Waals surface area contributed by atoms with Crippen LogP contribution in [0, 0.1) is 0 Å². The highest BCUT2D eigenvalue weighted by molar-refractivity contribution is 5.67. The van der Waals surface area contributed by atoms with Gasteiger partial charge in [0.2, 0.25) is 0 Å². The molecule has 0 aromatic heterocycles. The minimum absolute atomic E-state index is 0.0131. The molecular formula is C13H20O4. The minimum atomic E-state index is -0.796. The average Bonchev–Trinajstić information content (AvgIpc) is 2.37. The van der Waals surface area contributed by atoms with Crippen LogP contribution in [0.15, 0.2) is 24.3 Å². The van der Waals surface area contributed by atoms with Crippen LogP contribution < -0.4 is 4.74 Å². The summed E-state index contributed by atoms with van der Waals surface area (Å²) < 4.78 is 5.17. The summed E-state index contributed by atoms with van der Waals surface area (Å²) in [5.41, 5.74) is 0.966. The monoisotopic (exact) mass is 240 g/mol. The normalized spacial score (nSPS) is 9.12. The van der Waals surface area contributed by atoms with Crippen molar-refractivity contribution in [3.63, 3.8) is 0 Å². The van der Waals surface area contributed by atoms with E-state index in [0.717, 1.165) is 5.56 Å². The molecule has 4 heteroatoms. The lowest BCUT2D eigenvalue weighted by molar-refractivity contribution is -0.136. The summed E-state index contributed by atoms with van der Waals surface area (Å²) in [6, 6.07) is 7.20. The Hall–Kier alpha value is -1.55. The van der Waals surface area contributed by atoms with Crippen molar-refractivity contribution < 1.29 is 19.7 Å². The maximum atomic E-state index is 10.3. The van der Waals surface area contributed by atoms with E-state index >= 15 is 0 Å². The number of hydrogen-bond acceptors (Lipinski definition) is 3. The van der Waals surface area contributed by atoms with E-state index in [9.17, 15) is 4.79 Å². The molecule has 0 radical (unpaired) electrons. The molecule has 0 aliphatic heterocycles. The number of aryl methyl sites for hydroxylation is 1. The van der Waals surface area contributed by atoms with Gasteiger partial charge in [0.25, 0.3) is 0 Å². The van der Waals surface area contributed by atoms with Gasteiger partial charge in [-0.2, -0.15) is 0 Å². The Bertz CT molecular complexity index is 306. The summed E-state index contributed by atoms with van der Waals surface area (Å²) in [6.07, 6.45) is 0.659. The van der Waals surface area contributed by atoms with Crippen LogP contribution in [0.2, 0.25) is 0 Å². The van der Waals surface area contributed by atoms with E-state index in [1.165, 1.54) is 0 Å². The molecule has 0 bridgehead atoms. The molecule has 1 rings (SSSR count). The fourth-order valence-electron chi connectivity index (χ4n) is 1.17. The van der Waals surface area contributed by atoms with E-state index in [0.29, 0.717) is 12.2 Å². The molecule has 0 amide bonds. The van der Waals surface area contributed by atoms with Gasteiger partial charge in [0.1, 0.15) is 12.4 Å². The number of hydrogen-bond donors (Lipinski definition) is 2. The second-order valence-electron chi connectivity index (χ2n) is 3.11. The summed E-state index contributed by atoms with van der Waals surface area (Å²) in [4.78, 5) is 10.3. The lowest BCUT2D eigenvalue weighted by Gasteiger charge is -2.04. The summed E-state index contributed by atoms with van der Waals surface area (Å²) >= 11 is 0. The van der Waals surface area contributed by atoms with E-state index in [1.807, 2.05) is 26.0 Å². The number of ether oxygens (including phenoxy) is 1. The summed E-state index contributed by atoms with van der Waals surface area (Å²) in [7, 11) is 0. The lowest BCUT2D eigenvalue weighted by atomic mass is 10.1. The largest absolute Gasteiger partial charge is 0.491 e. The molecule has 0 heterocycles. The fraction of sp³-hybridized carbons (Fsp3) is 0.462. The zero-order chi connectivity index (χ0) is 13.1. The van der Waals surface area contributed by atoms with Gasteiger partial charge in [0, 0.05) is 6.42 Å². The highest BCUT2D eigenvalue weighted by Gasteiger charge is 1.99. The maximum absolute atomic E-state index is 10.3. The standard InChI is InChI=1S/C11H14O4.C2H6/c12-7-8-15-10-4-1-9(2-5-10)3-6-11(13)14;1-2/h1-2,4-5,12H,3,6-8H2,(H,13,14);1-2H3. The van der Waals surface area contributed by atoms with Crippen molar-refractivity contribution in [3.05, 3.63) is 29.8 Å². The molecular weight excluding hydrogens is 220 g/mol. The second kappa shape index (κ2) is 9.66. The van der Waals surface area contributed by atoms with Crippen LogP contribution in [0.4, 0.5) is 0 Å². The molecule has 17 heavy (non-hydrogen) atoms. The third-order valence-corrected chi connectivity index (χ3v) is 1.91. The van der Waals surface area contributed by atoms with Gasteiger partial charge < -0.3 is 14.9 Å². The highest BCUT2D eigenvalue weighted by atomic mass is 16.5. The van der Waals surface area contributed by atoms with Gasteiger partial charge in [-0.3, -0.25) is 4.79 Å². The number of carboxylic acids is 1. The van der Waals surface area contributed by atoms with Crippen molar-refractivity contribution in [2.45, 2.75) is 26.7 Å². The molecule has 2 N–H and O–H groups in total. The number of rotatable bonds is 6. The van der Waals surface area contributed by atoms with Crippen LogP contribution >= 0.6 is 0 Å². The van der Waals surface area contributed by atoms with Gasteiger partial charge in [0.05, 0.1) is 6.61 Å². The number of benzene rings is 1. The van der Waals surface area contributed by atoms with Crippen LogP contribution in [0.25, 0.3) is 0 Å². The van der Waals surface area contributed by atoms with Gasteiger partial charge >= 0.3 is 5.97 Å². The number of carbonyl (C=O) groups is 1. The quantitative estimate of drug-likeness (QED) is 0.799. The van der Waals surface area contributed by atoms with E-state index in [-0.39, 0.29) is 19.6 Å². The molecule has 0 aliphatic carbocycles. The van der Waals surface area contributed by atoms with Crippen molar-refractivity contribution >= 4 is 5.97 Å². The van der Waals surface area contributed by atoms with Crippen molar-refractivity contribution in [3.8, 4) is 5.75 Å². The maximum Gasteiger partial charge on any atom is 0.303 e. The molecule has 0 unspecified atom stereocenters. The predicted octanol–water partition coefficient (Wildman–Crippen LogP) is 2.10. The van der Waals surface area contributed by atoms with Crippen molar-refractivity contribution in [1.82, 2.24) is 0 Å². The smallest absolute Gasteiger partial charge is 0.303 e. The van der Waals surface area contributed by atoms with Crippen LogP contribution in [0.1, 0.15) is 25.8 Å². The Labute approximate surface area is 102 Å². The molecule has 1 aromatic carbocycles. The van der Waals surface area contributed by atoms with Gasteiger partial charge in [-0.05, 0) is 24.1 Å². The molecule has 0 fully saturated rings. The first-order chi connectivity index (χ1) is 8.22. The molecule has 0 atom stereocenters. The highest BCUT2D eigenvalue weighted by Crippen LogP contribution is 2.13. The number of aliphatic hydroxyl groups excluding tert-OH is 1. The summed E-state index contributed by atoms with van der Waals surface area (Å²) in [5.74, 6) is -0.112. The third kappa shape index (κ3) is 7.36. The van der Waals surface area contributed by atoms with Gasteiger partial charge in [-0.15, -0.1) is 0 Å². The SMILES string of the molecule is CC.O=C(O)CCc1ccc(OCCO)cc1. The predicted molar refractivity (Wildman–Crippen MR) is 66.3 cm³/mol. The van der Waals surface area contributed by atoms with Crippen molar-refractivity contribution in [2.75, 3.05) is 13.2 Å². The molecule has 1 aromatic rings. The third-order valence-electron chi connectivity index (χ3n) is 1.91. The fourth-order valence-corrected chi connectivity index (χ4v) is 1.17. The first kappa shape index (κ1) is 15.4. The number of aliphatic hydroxyl groups is 1. The lowest BCUT2D eigenvalue weighted by Crippen LogP contribution is -2.01. The molecule has 0 spiro atoms. The van der Waals surface area contributed by atoms with Gasteiger partial charge in [-0.25, -0.2) is 0 Å². The Morgan fingerprint density at radius 2 is 1.82 bits per heavy atom. The zero-order valence-corrected chi connectivity index (χ0v) is 10.3. The Kier molecular flexibility index (Phi) is 8.78. The number of aliphatic carboxylic acids is 1. The van der Waals surface area contributed by atoms with E-state index in [1.54, 1.807) is 12.1 Å². The number of carboxylic acid groups (broad SMARTS) is 1. The first-order valence-electron chi connectivity index (χ1n) is 5.77. The molecule has 4 nitrogen and oxygen atoms in total. The van der Waals surface area contributed by atoms with Crippen molar-refractivity contribution in [2.24, 2.45) is 0 Å². The van der Waals surface area contributed by atoms with Crippen LogP contribution in [0.5, 0.6) is 5.75 Å².